The Kier molecular flexibility index (Phi) is 4.35. The maximum absolute atomic E-state index is 8.93. The van der Waals surface area contributed by atoms with Gasteiger partial charge in [-0.2, -0.15) is 0 Å². The number of aromatic nitrogens is 1. The van der Waals surface area contributed by atoms with E-state index in [0.29, 0.717) is 0 Å². The number of rotatable bonds is 5. The summed E-state index contributed by atoms with van der Waals surface area (Å²) in [4.78, 5) is 4.33. The fourth-order valence-corrected chi connectivity index (χ4v) is 1.69. The second-order valence-corrected chi connectivity index (χ2v) is 4.09. The van der Waals surface area contributed by atoms with Crippen molar-refractivity contribution in [1.82, 2.24) is 10.3 Å². The molecule has 0 aromatic carbocycles. The Bertz CT molecular complexity index is 246. The van der Waals surface area contributed by atoms with Gasteiger partial charge in [0.15, 0.2) is 0 Å². The van der Waals surface area contributed by atoms with Crippen LogP contribution in [-0.4, -0.2) is 22.7 Å². The Morgan fingerprint density at radius 1 is 1.69 bits per heavy atom. The van der Waals surface area contributed by atoms with Crippen molar-refractivity contribution in [3.63, 3.8) is 0 Å². The van der Waals surface area contributed by atoms with Crippen molar-refractivity contribution in [2.24, 2.45) is 0 Å². The van der Waals surface area contributed by atoms with Gasteiger partial charge in [-0.1, -0.05) is 6.92 Å². The lowest BCUT2D eigenvalue weighted by atomic mass is 10.2. The third kappa shape index (κ3) is 3.42. The molecular weight excluding hydrogens is 184 g/mol. The molecule has 0 aliphatic carbocycles. The lowest BCUT2D eigenvalue weighted by Crippen LogP contribution is -2.31. The Hall–Kier alpha value is -0.450. The summed E-state index contributed by atoms with van der Waals surface area (Å²) in [5.74, 6) is 0. The lowest BCUT2D eigenvalue weighted by molar-refractivity contribution is 0.238. The smallest absolute Gasteiger partial charge is 0.0897 e. The van der Waals surface area contributed by atoms with Crippen LogP contribution >= 0.6 is 11.3 Å². The molecule has 1 heterocycles. The molecular formula is C9H16N2OS. The number of aliphatic hydroxyl groups is 1. The van der Waals surface area contributed by atoms with E-state index in [1.54, 1.807) is 11.3 Å². The maximum atomic E-state index is 8.93. The second kappa shape index (κ2) is 5.32. The van der Waals surface area contributed by atoms with Gasteiger partial charge in [0.05, 0.1) is 17.3 Å². The molecule has 3 nitrogen and oxygen atoms in total. The first-order valence-corrected chi connectivity index (χ1v) is 5.39. The van der Waals surface area contributed by atoms with Gasteiger partial charge in [-0.25, -0.2) is 4.98 Å². The fraction of sp³-hybridized carbons (Fsp3) is 0.667. The molecule has 74 valence electrons. The van der Waals surface area contributed by atoms with Crippen LogP contribution in [0.5, 0.6) is 0 Å². The van der Waals surface area contributed by atoms with E-state index in [0.717, 1.165) is 23.7 Å². The highest BCUT2D eigenvalue weighted by atomic mass is 32.1. The van der Waals surface area contributed by atoms with E-state index in [-0.39, 0.29) is 12.6 Å². The number of aryl methyl sites for hydroxylation is 1. The molecule has 4 heteroatoms. The standard InChI is InChI=1S/C9H16N2OS/c1-3-8(5-12)10-4-9-6-13-7(2)11-9/h6,8,10,12H,3-5H2,1-2H3/t8-/m0/s1. The third-order valence-corrected chi connectivity index (χ3v) is 2.77. The highest BCUT2D eigenvalue weighted by Crippen LogP contribution is 2.07. The van der Waals surface area contributed by atoms with Crippen LogP contribution in [0.15, 0.2) is 5.38 Å². The van der Waals surface area contributed by atoms with Crippen molar-refractivity contribution >= 4 is 11.3 Å². The van der Waals surface area contributed by atoms with Crippen LogP contribution in [-0.2, 0) is 6.54 Å². The van der Waals surface area contributed by atoms with Gasteiger partial charge in [0.2, 0.25) is 0 Å². The first kappa shape index (κ1) is 10.6. The van der Waals surface area contributed by atoms with E-state index >= 15 is 0 Å². The molecule has 2 N–H and O–H groups in total. The molecule has 0 aliphatic rings. The lowest BCUT2D eigenvalue weighted by Gasteiger charge is -2.12. The normalized spacial score (nSPS) is 13.2. The summed E-state index contributed by atoms with van der Waals surface area (Å²) in [5, 5.41) is 15.3. The number of aliphatic hydroxyl groups excluding tert-OH is 1. The summed E-state index contributed by atoms with van der Waals surface area (Å²) in [6, 6.07) is 0.196. The van der Waals surface area contributed by atoms with Gasteiger partial charge in [-0.05, 0) is 13.3 Å². The van der Waals surface area contributed by atoms with E-state index in [1.807, 2.05) is 12.3 Å². The van der Waals surface area contributed by atoms with Crippen molar-refractivity contribution in [2.75, 3.05) is 6.61 Å². The molecule has 1 rings (SSSR count). The molecule has 0 aliphatic heterocycles. The zero-order valence-electron chi connectivity index (χ0n) is 8.08. The average Bonchev–Trinajstić information content (AvgIpc) is 2.53. The molecule has 13 heavy (non-hydrogen) atoms. The number of thiazole rings is 1. The van der Waals surface area contributed by atoms with Crippen LogP contribution in [0, 0.1) is 6.92 Å². The predicted molar refractivity (Wildman–Crippen MR) is 54.9 cm³/mol. The molecule has 0 fully saturated rings. The molecule has 1 atom stereocenters. The quantitative estimate of drug-likeness (QED) is 0.753. The van der Waals surface area contributed by atoms with Gasteiger partial charge in [0.1, 0.15) is 0 Å². The first-order chi connectivity index (χ1) is 6.26. The number of nitrogens with zero attached hydrogens (tertiary/aromatic N) is 1. The minimum Gasteiger partial charge on any atom is -0.395 e. The van der Waals surface area contributed by atoms with Crippen LogP contribution in [0.2, 0.25) is 0 Å². The molecule has 1 aromatic heterocycles. The molecule has 0 unspecified atom stereocenters. The topological polar surface area (TPSA) is 45.1 Å². The monoisotopic (exact) mass is 200 g/mol. The summed E-state index contributed by atoms with van der Waals surface area (Å²) in [7, 11) is 0. The molecule has 0 spiro atoms. The van der Waals surface area contributed by atoms with Crippen molar-refractivity contribution < 1.29 is 5.11 Å². The second-order valence-electron chi connectivity index (χ2n) is 3.03. The zero-order chi connectivity index (χ0) is 9.68. The van der Waals surface area contributed by atoms with Gasteiger partial charge >= 0.3 is 0 Å². The maximum Gasteiger partial charge on any atom is 0.0897 e. The van der Waals surface area contributed by atoms with Crippen LogP contribution < -0.4 is 5.32 Å². The van der Waals surface area contributed by atoms with Gasteiger partial charge in [-0.3, -0.25) is 0 Å². The number of hydrogen-bond acceptors (Lipinski definition) is 4. The molecule has 0 bridgehead atoms. The van der Waals surface area contributed by atoms with E-state index < -0.39 is 0 Å². The van der Waals surface area contributed by atoms with Crippen LogP contribution in [0.1, 0.15) is 24.0 Å². The predicted octanol–water partition coefficient (Wildman–Crippen LogP) is 1.31. The summed E-state index contributed by atoms with van der Waals surface area (Å²) in [6.45, 7) is 5.00. The van der Waals surface area contributed by atoms with Crippen LogP contribution in [0.3, 0.4) is 0 Å². The van der Waals surface area contributed by atoms with Crippen molar-refractivity contribution in [1.29, 1.82) is 0 Å². The molecule has 0 amide bonds. The van der Waals surface area contributed by atoms with E-state index in [4.69, 9.17) is 5.11 Å². The van der Waals surface area contributed by atoms with E-state index in [9.17, 15) is 0 Å². The summed E-state index contributed by atoms with van der Waals surface area (Å²) in [5.41, 5.74) is 1.06. The Morgan fingerprint density at radius 2 is 2.46 bits per heavy atom. The van der Waals surface area contributed by atoms with Crippen molar-refractivity contribution in [2.45, 2.75) is 32.9 Å². The molecule has 0 saturated carbocycles. The van der Waals surface area contributed by atoms with Crippen molar-refractivity contribution in [3.8, 4) is 0 Å². The van der Waals surface area contributed by atoms with Gasteiger partial charge in [-0.15, -0.1) is 11.3 Å². The number of nitrogens with one attached hydrogen (secondary N) is 1. The Balaban J connectivity index is 2.33. The van der Waals surface area contributed by atoms with Crippen molar-refractivity contribution in [3.05, 3.63) is 16.1 Å². The van der Waals surface area contributed by atoms with E-state index in [2.05, 4.69) is 17.2 Å². The third-order valence-electron chi connectivity index (χ3n) is 1.95. The Morgan fingerprint density at radius 3 is 2.92 bits per heavy atom. The highest BCUT2D eigenvalue weighted by Gasteiger charge is 2.04. The van der Waals surface area contributed by atoms with Gasteiger partial charge in [0.25, 0.3) is 0 Å². The minimum absolute atomic E-state index is 0.194. The van der Waals surface area contributed by atoms with E-state index in [1.165, 1.54) is 0 Å². The fourth-order valence-electron chi connectivity index (χ4n) is 1.08. The highest BCUT2D eigenvalue weighted by molar-refractivity contribution is 7.09. The molecule has 0 saturated heterocycles. The van der Waals surface area contributed by atoms with Crippen LogP contribution in [0.25, 0.3) is 0 Å². The average molecular weight is 200 g/mol. The minimum atomic E-state index is 0.194. The van der Waals surface area contributed by atoms with Crippen LogP contribution in [0.4, 0.5) is 0 Å². The first-order valence-electron chi connectivity index (χ1n) is 4.51. The molecule has 0 radical (unpaired) electrons. The molecule has 1 aromatic rings. The Labute approximate surface area is 82.8 Å². The summed E-state index contributed by atoms with van der Waals surface area (Å²) < 4.78 is 0. The van der Waals surface area contributed by atoms with Gasteiger partial charge < -0.3 is 10.4 Å². The largest absolute Gasteiger partial charge is 0.395 e. The van der Waals surface area contributed by atoms with Gasteiger partial charge in [0, 0.05) is 18.0 Å². The summed E-state index contributed by atoms with van der Waals surface area (Å²) in [6.07, 6.45) is 0.944. The zero-order valence-corrected chi connectivity index (χ0v) is 8.90. The summed E-state index contributed by atoms with van der Waals surface area (Å²) >= 11 is 1.66. The SMILES string of the molecule is CC[C@@H](CO)NCc1csc(C)n1. The number of hydrogen-bond donors (Lipinski definition) is 2.